The molecule has 1 radical (unpaired) electrons. The van der Waals surface area contributed by atoms with E-state index in [4.69, 9.17) is 0 Å². The van der Waals surface area contributed by atoms with Crippen molar-refractivity contribution in [2.24, 2.45) is 0 Å². The second-order valence-electron chi connectivity index (χ2n) is 2.48. The van der Waals surface area contributed by atoms with E-state index in [1.165, 1.54) is 6.20 Å². The first-order valence-corrected chi connectivity index (χ1v) is 3.70. The number of rotatable bonds is 1. The first-order chi connectivity index (χ1) is 5.88. The van der Waals surface area contributed by atoms with Crippen LogP contribution in [-0.2, 0) is 0 Å². The quantitative estimate of drug-likeness (QED) is 0.623. The maximum atomic E-state index is 13.0. The van der Waals surface area contributed by atoms with E-state index >= 15 is 0 Å². The lowest BCUT2D eigenvalue weighted by Crippen LogP contribution is -2.15. The molecule has 0 saturated heterocycles. The van der Waals surface area contributed by atoms with Crippen LogP contribution in [0, 0.1) is 12.1 Å². The molecule has 4 heteroatoms. The van der Waals surface area contributed by atoms with E-state index in [1.807, 2.05) is 12.3 Å². The summed E-state index contributed by atoms with van der Waals surface area (Å²) in [6, 6.07) is 0. The number of hydrogen-bond acceptors (Lipinski definition) is 3. The van der Waals surface area contributed by atoms with Gasteiger partial charge in [-0.25, -0.2) is 9.97 Å². The van der Waals surface area contributed by atoms with Crippen LogP contribution in [0.5, 0.6) is 0 Å². The summed E-state index contributed by atoms with van der Waals surface area (Å²) >= 11 is 0. The average molecular weight is 164 g/mol. The van der Waals surface area contributed by atoms with Crippen LogP contribution >= 0.6 is 0 Å². The van der Waals surface area contributed by atoms with E-state index in [0.717, 1.165) is 13.0 Å². The largest absolute Gasteiger partial charge is 0.329 e. The van der Waals surface area contributed by atoms with Gasteiger partial charge in [0.15, 0.2) is 5.82 Å². The number of aromatic nitrogens is 2. The standard InChI is InChI=1S/C8H7FN3/c9-7-8(11-4-3-10-7)12-5-1-2-6-12/h1,4-5H,2,6H2. The van der Waals surface area contributed by atoms with E-state index in [9.17, 15) is 4.39 Å². The van der Waals surface area contributed by atoms with E-state index in [-0.39, 0.29) is 5.82 Å². The van der Waals surface area contributed by atoms with Crippen molar-refractivity contribution >= 4 is 5.82 Å². The fourth-order valence-corrected chi connectivity index (χ4v) is 1.14. The molecular weight excluding hydrogens is 157 g/mol. The summed E-state index contributed by atoms with van der Waals surface area (Å²) in [6.07, 6.45) is 8.42. The molecule has 0 unspecified atom stereocenters. The summed E-state index contributed by atoms with van der Waals surface area (Å²) in [5.41, 5.74) is 0. The van der Waals surface area contributed by atoms with E-state index in [0.29, 0.717) is 0 Å². The average Bonchev–Trinajstić information content (AvgIpc) is 2.57. The Hall–Kier alpha value is -1.45. The monoisotopic (exact) mass is 164 g/mol. The van der Waals surface area contributed by atoms with E-state index in [1.54, 1.807) is 4.90 Å². The first-order valence-electron chi connectivity index (χ1n) is 3.70. The molecule has 0 saturated carbocycles. The molecule has 2 rings (SSSR count). The number of hydrogen-bond donors (Lipinski definition) is 0. The molecule has 1 aliphatic heterocycles. The molecule has 0 amide bonds. The first kappa shape index (κ1) is 7.21. The highest BCUT2D eigenvalue weighted by molar-refractivity contribution is 5.42. The Labute approximate surface area is 69.6 Å². The van der Waals surface area contributed by atoms with Crippen molar-refractivity contribution in [1.82, 2.24) is 9.97 Å². The minimum Gasteiger partial charge on any atom is -0.329 e. The second kappa shape index (κ2) is 2.89. The molecule has 1 aromatic rings. The molecule has 1 aromatic heterocycles. The topological polar surface area (TPSA) is 29.0 Å². The third-order valence-electron chi connectivity index (χ3n) is 1.69. The van der Waals surface area contributed by atoms with Gasteiger partial charge < -0.3 is 4.90 Å². The van der Waals surface area contributed by atoms with Crippen LogP contribution < -0.4 is 4.90 Å². The summed E-state index contributed by atoms with van der Waals surface area (Å²) in [5, 5.41) is 0. The van der Waals surface area contributed by atoms with Gasteiger partial charge in [-0.3, -0.25) is 0 Å². The highest BCUT2D eigenvalue weighted by Crippen LogP contribution is 2.16. The van der Waals surface area contributed by atoms with Crippen LogP contribution in [-0.4, -0.2) is 16.5 Å². The summed E-state index contributed by atoms with van der Waals surface area (Å²) in [7, 11) is 0. The lowest BCUT2D eigenvalue weighted by atomic mass is 10.5. The summed E-state index contributed by atoms with van der Waals surface area (Å²) in [6.45, 7) is 0.773. The van der Waals surface area contributed by atoms with Crippen molar-refractivity contribution in [2.45, 2.75) is 6.42 Å². The van der Waals surface area contributed by atoms with Gasteiger partial charge in [-0.2, -0.15) is 4.39 Å². The molecule has 2 heterocycles. The van der Waals surface area contributed by atoms with Crippen molar-refractivity contribution in [3.63, 3.8) is 0 Å². The molecule has 0 aliphatic carbocycles. The Morgan fingerprint density at radius 2 is 2.50 bits per heavy atom. The zero-order valence-electron chi connectivity index (χ0n) is 6.37. The zero-order chi connectivity index (χ0) is 8.39. The Balaban J connectivity index is 2.33. The van der Waals surface area contributed by atoms with Crippen molar-refractivity contribution in [2.75, 3.05) is 11.4 Å². The molecule has 0 aromatic carbocycles. The van der Waals surface area contributed by atoms with Crippen LogP contribution in [0.25, 0.3) is 0 Å². The molecule has 61 valence electrons. The third kappa shape index (κ3) is 1.15. The molecule has 0 spiro atoms. The van der Waals surface area contributed by atoms with Gasteiger partial charge in [-0.05, 0) is 6.42 Å². The smallest absolute Gasteiger partial charge is 0.256 e. The van der Waals surface area contributed by atoms with Gasteiger partial charge in [0.25, 0.3) is 5.95 Å². The normalized spacial score (nSPS) is 15.6. The Morgan fingerprint density at radius 1 is 1.58 bits per heavy atom. The van der Waals surface area contributed by atoms with Crippen LogP contribution in [0.1, 0.15) is 6.42 Å². The number of anilines is 1. The van der Waals surface area contributed by atoms with Crippen molar-refractivity contribution < 1.29 is 4.39 Å². The fraction of sp³-hybridized carbons (Fsp3) is 0.250. The SMILES string of the molecule is Fc1n[c]cnc1N1C=CCC1. The maximum absolute atomic E-state index is 13.0. The number of halogens is 1. The lowest BCUT2D eigenvalue weighted by Gasteiger charge is -2.12. The van der Waals surface area contributed by atoms with Gasteiger partial charge in [0.1, 0.15) is 6.20 Å². The number of nitrogens with zero attached hydrogens (tertiary/aromatic N) is 3. The summed E-state index contributed by atoms with van der Waals surface area (Å²) < 4.78 is 13.0. The molecule has 0 N–H and O–H groups in total. The Bertz CT molecular complexity index is 311. The molecule has 1 aliphatic rings. The predicted molar refractivity (Wildman–Crippen MR) is 41.9 cm³/mol. The molecule has 0 atom stereocenters. The molecule has 0 bridgehead atoms. The van der Waals surface area contributed by atoms with Gasteiger partial charge in [0.05, 0.1) is 6.20 Å². The zero-order valence-corrected chi connectivity index (χ0v) is 6.37. The summed E-state index contributed by atoms with van der Waals surface area (Å²) in [4.78, 5) is 8.97. The lowest BCUT2D eigenvalue weighted by molar-refractivity contribution is 0.574. The highest BCUT2D eigenvalue weighted by Gasteiger charge is 2.13. The van der Waals surface area contributed by atoms with Gasteiger partial charge >= 0.3 is 0 Å². The van der Waals surface area contributed by atoms with Crippen LogP contribution in [0.2, 0.25) is 0 Å². The summed E-state index contributed by atoms with van der Waals surface area (Å²) in [5.74, 6) is -0.286. The third-order valence-corrected chi connectivity index (χ3v) is 1.69. The maximum Gasteiger partial charge on any atom is 0.256 e. The molecule has 12 heavy (non-hydrogen) atoms. The second-order valence-corrected chi connectivity index (χ2v) is 2.48. The molecule has 0 fully saturated rings. The minimum absolute atomic E-state index is 0.280. The predicted octanol–water partition coefficient (Wildman–Crippen LogP) is 1.14. The highest BCUT2D eigenvalue weighted by atomic mass is 19.1. The fourth-order valence-electron chi connectivity index (χ4n) is 1.14. The van der Waals surface area contributed by atoms with Crippen molar-refractivity contribution in [3.05, 3.63) is 30.6 Å². The van der Waals surface area contributed by atoms with Crippen LogP contribution in [0.3, 0.4) is 0 Å². The van der Waals surface area contributed by atoms with E-state index < -0.39 is 5.95 Å². The van der Waals surface area contributed by atoms with Crippen molar-refractivity contribution in [1.29, 1.82) is 0 Å². The van der Waals surface area contributed by atoms with Crippen LogP contribution in [0.4, 0.5) is 10.2 Å². The van der Waals surface area contributed by atoms with E-state index in [2.05, 4.69) is 16.2 Å². The van der Waals surface area contributed by atoms with Gasteiger partial charge in [0, 0.05) is 12.7 Å². The molecular formula is C8H7FN3. The minimum atomic E-state index is -0.566. The van der Waals surface area contributed by atoms with Gasteiger partial charge in [-0.1, -0.05) is 6.08 Å². The van der Waals surface area contributed by atoms with Gasteiger partial charge in [-0.15, -0.1) is 0 Å². The van der Waals surface area contributed by atoms with Crippen LogP contribution in [0.15, 0.2) is 18.5 Å². The Morgan fingerprint density at radius 3 is 3.17 bits per heavy atom. The van der Waals surface area contributed by atoms with Gasteiger partial charge in [0.2, 0.25) is 0 Å². The van der Waals surface area contributed by atoms with Crippen molar-refractivity contribution in [3.8, 4) is 0 Å². The molecule has 3 nitrogen and oxygen atoms in total. The Kier molecular flexibility index (Phi) is 1.74.